The fraction of sp³-hybridized carbons (Fsp3) is 0.466. The van der Waals surface area contributed by atoms with E-state index in [1.54, 1.807) is 6.08 Å². The molecule has 0 saturated heterocycles. The SMILES string of the molecule is CC/C=C\C/C=C\C/C=C\C/C=C\C/C=C\C/C=C\CCC(=O)OCC(COC(=O)C/C=C\C/C=C\C/C=C\CC)OC(=O)CCCCCCC\C=C/C=C\C=C/C=C\C=C/CCC. The zero-order chi connectivity index (χ0) is 46.5. The van der Waals surface area contributed by atoms with E-state index in [1.807, 2.05) is 54.7 Å². The molecule has 0 amide bonds. The molecule has 0 fully saturated rings. The highest BCUT2D eigenvalue weighted by Gasteiger charge is 2.19. The van der Waals surface area contributed by atoms with E-state index in [-0.39, 0.29) is 38.4 Å². The van der Waals surface area contributed by atoms with Gasteiger partial charge in [-0.15, -0.1) is 0 Å². The van der Waals surface area contributed by atoms with E-state index in [0.29, 0.717) is 12.8 Å². The molecule has 1 unspecified atom stereocenters. The summed E-state index contributed by atoms with van der Waals surface area (Å²) in [7, 11) is 0. The summed E-state index contributed by atoms with van der Waals surface area (Å²) >= 11 is 0. The lowest BCUT2D eigenvalue weighted by Crippen LogP contribution is -2.30. The Hall–Kier alpha value is -5.23. The number of carbonyl (C=O) groups is 3. The maximum absolute atomic E-state index is 12.8. The highest BCUT2D eigenvalue weighted by molar-refractivity contribution is 5.72. The van der Waals surface area contributed by atoms with E-state index in [2.05, 4.69) is 130 Å². The number of carbonyl (C=O) groups excluding carboxylic acids is 3. The van der Waals surface area contributed by atoms with Crippen molar-refractivity contribution in [3.8, 4) is 0 Å². The molecule has 0 N–H and O–H groups in total. The van der Waals surface area contributed by atoms with E-state index in [4.69, 9.17) is 14.2 Å². The largest absolute Gasteiger partial charge is 0.462 e. The number of hydrogen-bond acceptors (Lipinski definition) is 6. The fourth-order valence-corrected chi connectivity index (χ4v) is 5.56. The first kappa shape index (κ1) is 58.8. The van der Waals surface area contributed by atoms with Crippen LogP contribution in [0.3, 0.4) is 0 Å². The first-order chi connectivity index (χ1) is 31.5. The molecule has 0 bridgehead atoms. The van der Waals surface area contributed by atoms with E-state index in [0.717, 1.165) is 96.3 Å². The lowest BCUT2D eigenvalue weighted by molar-refractivity contribution is -0.166. The van der Waals surface area contributed by atoms with E-state index in [1.165, 1.54) is 6.42 Å². The van der Waals surface area contributed by atoms with Crippen LogP contribution in [0.5, 0.6) is 0 Å². The third-order valence-corrected chi connectivity index (χ3v) is 9.09. The van der Waals surface area contributed by atoms with Crippen molar-refractivity contribution < 1.29 is 28.6 Å². The second kappa shape index (κ2) is 50.4. The molecule has 0 aliphatic carbocycles. The van der Waals surface area contributed by atoms with Crippen molar-refractivity contribution in [3.05, 3.63) is 170 Å². The maximum Gasteiger partial charge on any atom is 0.309 e. The summed E-state index contributed by atoms with van der Waals surface area (Å²) in [6.45, 7) is 6.09. The van der Waals surface area contributed by atoms with Gasteiger partial charge in [0, 0.05) is 12.8 Å². The monoisotopic (exact) mass is 877 g/mol. The molecule has 0 saturated carbocycles. The Morgan fingerprint density at radius 2 is 0.766 bits per heavy atom. The second-order valence-electron chi connectivity index (χ2n) is 15.0. The molecule has 1 atom stereocenters. The molecule has 352 valence electrons. The third-order valence-electron chi connectivity index (χ3n) is 9.09. The predicted molar refractivity (Wildman–Crippen MR) is 274 cm³/mol. The number of hydrogen-bond donors (Lipinski definition) is 0. The Kier molecular flexibility index (Phi) is 46.3. The van der Waals surface area contributed by atoms with Crippen molar-refractivity contribution in [3.63, 3.8) is 0 Å². The molecule has 0 heterocycles. The number of esters is 3. The molecule has 6 heteroatoms. The van der Waals surface area contributed by atoms with E-state index in [9.17, 15) is 14.4 Å². The molecule has 0 aliphatic rings. The summed E-state index contributed by atoms with van der Waals surface area (Å²) in [6, 6.07) is 0. The van der Waals surface area contributed by atoms with Gasteiger partial charge in [0.05, 0.1) is 6.42 Å². The lowest BCUT2D eigenvalue weighted by atomic mass is 10.1. The van der Waals surface area contributed by atoms with Crippen LogP contribution in [0.4, 0.5) is 0 Å². The molecule has 0 aromatic carbocycles. The number of unbranched alkanes of at least 4 members (excludes halogenated alkanes) is 6. The second-order valence-corrected chi connectivity index (χ2v) is 15.0. The van der Waals surface area contributed by atoms with Gasteiger partial charge in [-0.1, -0.05) is 217 Å². The summed E-state index contributed by atoms with van der Waals surface area (Å²) in [6.07, 6.45) is 75.2. The molecule has 0 spiro atoms. The van der Waals surface area contributed by atoms with Gasteiger partial charge in [0.15, 0.2) is 6.10 Å². The fourth-order valence-electron chi connectivity index (χ4n) is 5.56. The van der Waals surface area contributed by atoms with Crippen LogP contribution in [-0.2, 0) is 28.6 Å². The van der Waals surface area contributed by atoms with E-state index >= 15 is 0 Å². The summed E-state index contributed by atoms with van der Waals surface area (Å²) in [5, 5.41) is 0. The van der Waals surface area contributed by atoms with Crippen LogP contribution in [-0.4, -0.2) is 37.2 Å². The minimum Gasteiger partial charge on any atom is -0.462 e. The number of rotatable bonds is 40. The minimum absolute atomic E-state index is 0.106. The average molecular weight is 877 g/mol. The van der Waals surface area contributed by atoms with Crippen molar-refractivity contribution in [2.45, 2.75) is 162 Å². The number of ether oxygens (including phenoxy) is 3. The highest BCUT2D eigenvalue weighted by atomic mass is 16.6. The van der Waals surface area contributed by atoms with Crippen molar-refractivity contribution in [2.24, 2.45) is 0 Å². The Labute approximate surface area is 390 Å². The van der Waals surface area contributed by atoms with Gasteiger partial charge in [-0.25, -0.2) is 0 Å². The van der Waals surface area contributed by atoms with Gasteiger partial charge < -0.3 is 14.2 Å². The topological polar surface area (TPSA) is 78.9 Å². The van der Waals surface area contributed by atoms with Gasteiger partial charge in [-0.3, -0.25) is 14.4 Å². The van der Waals surface area contributed by atoms with Gasteiger partial charge in [0.1, 0.15) is 13.2 Å². The first-order valence-electron chi connectivity index (χ1n) is 24.2. The molecule has 6 nitrogen and oxygen atoms in total. The van der Waals surface area contributed by atoms with Crippen LogP contribution in [0.1, 0.15) is 156 Å². The Bertz CT molecular complexity index is 1570. The zero-order valence-corrected chi connectivity index (χ0v) is 40.0. The molecular formula is C58H84O6. The maximum atomic E-state index is 12.8. The molecule has 0 aromatic heterocycles. The highest BCUT2D eigenvalue weighted by Crippen LogP contribution is 2.10. The normalized spacial score (nSPS) is 13.6. The average Bonchev–Trinajstić information content (AvgIpc) is 3.29. The predicted octanol–water partition coefficient (Wildman–Crippen LogP) is 16.0. The smallest absolute Gasteiger partial charge is 0.309 e. The molecule has 0 rings (SSSR count). The quantitative estimate of drug-likeness (QED) is 0.0201. The summed E-state index contributed by atoms with van der Waals surface area (Å²) in [4.78, 5) is 37.7. The van der Waals surface area contributed by atoms with Crippen molar-refractivity contribution in [2.75, 3.05) is 13.2 Å². The van der Waals surface area contributed by atoms with E-state index < -0.39 is 18.0 Å². The molecule has 0 radical (unpaired) electrons. The summed E-state index contributed by atoms with van der Waals surface area (Å²) < 4.78 is 16.5. The van der Waals surface area contributed by atoms with Crippen molar-refractivity contribution in [1.29, 1.82) is 0 Å². The van der Waals surface area contributed by atoms with Crippen LogP contribution < -0.4 is 0 Å². The van der Waals surface area contributed by atoms with Gasteiger partial charge in [0.25, 0.3) is 0 Å². The van der Waals surface area contributed by atoms with Crippen LogP contribution in [0.25, 0.3) is 0 Å². The molecular weight excluding hydrogens is 793 g/mol. The first-order valence-corrected chi connectivity index (χ1v) is 24.2. The summed E-state index contributed by atoms with van der Waals surface area (Å²) in [5.74, 6) is -1.21. The van der Waals surface area contributed by atoms with Gasteiger partial charge in [0.2, 0.25) is 0 Å². The Morgan fingerprint density at radius 3 is 1.27 bits per heavy atom. The Balaban J connectivity index is 4.62. The lowest BCUT2D eigenvalue weighted by Gasteiger charge is -2.18. The van der Waals surface area contributed by atoms with Crippen LogP contribution in [0, 0.1) is 0 Å². The van der Waals surface area contributed by atoms with Crippen molar-refractivity contribution >= 4 is 17.9 Å². The zero-order valence-electron chi connectivity index (χ0n) is 40.0. The van der Waals surface area contributed by atoms with Gasteiger partial charge in [-0.2, -0.15) is 0 Å². The molecule has 0 aromatic rings. The van der Waals surface area contributed by atoms with Gasteiger partial charge >= 0.3 is 17.9 Å². The van der Waals surface area contributed by atoms with Gasteiger partial charge in [-0.05, 0) is 89.9 Å². The number of allylic oxidation sites excluding steroid dienone is 27. The van der Waals surface area contributed by atoms with Crippen molar-refractivity contribution in [1.82, 2.24) is 0 Å². The minimum atomic E-state index is -0.866. The summed E-state index contributed by atoms with van der Waals surface area (Å²) in [5.41, 5.74) is 0. The molecule has 64 heavy (non-hydrogen) atoms. The molecule has 0 aliphatic heterocycles. The third kappa shape index (κ3) is 47.8. The van der Waals surface area contributed by atoms with Crippen LogP contribution in [0.15, 0.2) is 170 Å². The standard InChI is InChI=1S/C58H84O6/c1-4-7-10-13-16-19-21-23-25-27-29-31-32-34-36-39-42-45-48-51-57(60)63-54-55(53-62-56(59)50-47-44-41-38-18-15-12-9-6-3)64-58(61)52-49-46-43-40-37-35-33-30-28-26-24-22-20-17-14-11-8-5-2/h7,9-12,14,16-20,22-26,28-31,33-34,36,38,42,44-45,47,55H,4-6,8,13,15,21,27,32,35,37,39-41,43,46,48-54H2,1-3H3/b10-7-,12-9-,14-11-,19-16-,20-17-,24-22-,25-23-,28-26-,31-29-,33-30-,36-34-,38-18-,45-42-,47-44-. The Morgan fingerprint density at radius 1 is 0.359 bits per heavy atom. The van der Waals surface area contributed by atoms with Crippen LogP contribution >= 0.6 is 0 Å². The van der Waals surface area contributed by atoms with Crippen LogP contribution in [0.2, 0.25) is 0 Å².